The number of ether oxygens (including phenoxy) is 3. The summed E-state index contributed by atoms with van der Waals surface area (Å²) in [6, 6.07) is 14.2. The van der Waals surface area contributed by atoms with Crippen LogP contribution in [0.1, 0.15) is 37.4 Å². The third kappa shape index (κ3) is 4.54. The van der Waals surface area contributed by atoms with Gasteiger partial charge < -0.3 is 14.2 Å². The van der Waals surface area contributed by atoms with E-state index in [0.29, 0.717) is 33.0 Å². The van der Waals surface area contributed by atoms with Gasteiger partial charge in [-0.15, -0.1) is 0 Å². The Bertz CT molecular complexity index is 1400. The molecule has 34 heavy (non-hydrogen) atoms. The Labute approximate surface area is 201 Å². The number of fused-ring (bicyclic) bond motifs is 1. The van der Waals surface area contributed by atoms with Crippen molar-refractivity contribution >= 4 is 23.4 Å². The average molecular weight is 479 g/mol. The van der Waals surface area contributed by atoms with Crippen molar-refractivity contribution in [3.05, 3.63) is 90.6 Å². The molecule has 8 heteroatoms. The van der Waals surface area contributed by atoms with E-state index in [1.807, 2.05) is 42.5 Å². The second-order valence-corrected chi connectivity index (χ2v) is 8.77. The number of methoxy groups -OCH3 is 2. The number of carbonyl (C=O) groups excluding carboxylic acids is 1. The molecular formula is C26H26N2O5S. The van der Waals surface area contributed by atoms with E-state index in [2.05, 4.69) is 11.9 Å². The Kier molecular flexibility index (Phi) is 6.98. The Morgan fingerprint density at radius 3 is 2.38 bits per heavy atom. The first kappa shape index (κ1) is 23.5. The number of aromatic nitrogens is 1. The van der Waals surface area contributed by atoms with Gasteiger partial charge in [-0.05, 0) is 54.8 Å². The molecule has 1 aromatic heterocycles. The van der Waals surface area contributed by atoms with E-state index in [1.54, 1.807) is 30.7 Å². The average Bonchev–Trinajstić information content (AvgIpc) is 3.16. The van der Waals surface area contributed by atoms with Gasteiger partial charge in [0.15, 0.2) is 4.80 Å². The summed E-state index contributed by atoms with van der Waals surface area (Å²) in [5.74, 6) is 0.958. The summed E-state index contributed by atoms with van der Waals surface area (Å²) >= 11 is 1.29. The van der Waals surface area contributed by atoms with E-state index in [-0.39, 0.29) is 5.56 Å². The molecule has 1 aliphatic heterocycles. The highest BCUT2D eigenvalue weighted by molar-refractivity contribution is 7.07. The van der Waals surface area contributed by atoms with Gasteiger partial charge in [-0.25, -0.2) is 9.79 Å². The Morgan fingerprint density at radius 2 is 1.76 bits per heavy atom. The van der Waals surface area contributed by atoms with Crippen LogP contribution in [-0.4, -0.2) is 31.4 Å². The lowest BCUT2D eigenvalue weighted by Gasteiger charge is -2.24. The number of hydrogen-bond acceptors (Lipinski definition) is 7. The van der Waals surface area contributed by atoms with E-state index in [9.17, 15) is 9.59 Å². The fourth-order valence-electron chi connectivity index (χ4n) is 3.83. The number of thiazole rings is 1. The van der Waals surface area contributed by atoms with E-state index in [1.165, 1.54) is 18.4 Å². The van der Waals surface area contributed by atoms with Crippen LogP contribution in [0.3, 0.4) is 0 Å². The first-order valence-electron chi connectivity index (χ1n) is 10.9. The lowest BCUT2D eigenvalue weighted by Crippen LogP contribution is -2.39. The normalized spacial score (nSPS) is 15.5. The molecule has 2 heterocycles. The second kappa shape index (κ2) is 10.1. The third-order valence-electron chi connectivity index (χ3n) is 5.51. The fraction of sp³-hybridized carbons (Fsp3) is 0.269. The summed E-state index contributed by atoms with van der Waals surface area (Å²) in [5, 5.41) is 0. The van der Waals surface area contributed by atoms with Gasteiger partial charge in [0.25, 0.3) is 5.56 Å². The minimum atomic E-state index is -0.651. The lowest BCUT2D eigenvalue weighted by molar-refractivity contribution is -0.136. The quantitative estimate of drug-likeness (QED) is 0.488. The summed E-state index contributed by atoms with van der Waals surface area (Å²) in [6.45, 7) is 4.47. The third-order valence-corrected chi connectivity index (χ3v) is 6.49. The van der Waals surface area contributed by atoms with E-state index < -0.39 is 12.0 Å². The molecular weight excluding hydrogens is 452 g/mol. The SMILES string of the molecule is CCCOc1ccc(/C=c2/sc3n(c2=O)[C@H](c2ccc(OC)cc2)C(C(=O)OC)=C(C)N=3)cc1. The van der Waals surface area contributed by atoms with Crippen LogP contribution in [0.4, 0.5) is 0 Å². The topological polar surface area (TPSA) is 79.1 Å². The molecule has 4 rings (SSSR count). The second-order valence-electron chi connectivity index (χ2n) is 7.76. The predicted molar refractivity (Wildman–Crippen MR) is 131 cm³/mol. The number of rotatable bonds is 7. The van der Waals surface area contributed by atoms with Crippen LogP contribution in [0.2, 0.25) is 0 Å². The molecule has 1 aliphatic rings. The van der Waals surface area contributed by atoms with Crippen LogP contribution in [0.5, 0.6) is 11.5 Å². The molecule has 0 aliphatic carbocycles. The zero-order chi connectivity index (χ0) is 24.2. The standard InChI is InChI=1S/C26H26N2O5S/c1-5-14-33-20-10-6-17(7-11-20)15-21-24(29)28-23(18-8-12-19(31-3)13-9-18)22(25(30)32-4)16(2)27-26(28)34-21/h6-13,15,23H,5,14H2,1-4H3/b21-15+/t23-/m1/s1. The first-order valence-corrected chi connectivity index (χ1v) is 11.8. The van der Waals surface area contributed by atoms with Crippen molar-refractivity contribution in [2.24, 2.45) is 4.99 Å². The van der Waals surface area contributed by atoms with Gasteiger partial charge in [-0.3, -0.25) is 9.36 Å². The van der Waals surface area contributed by atoms with Crippen molar-refractivity contribution in [2.45, 2.75) is 26.3 Å². The highest BCUT2D eigenvalue weighted by Gasteiger charge is 2.33. The van der Waals surface area contributed by atoms with E-state index in [4.69, 9.17) is 14.2 Å². The number of benzene rings is 2. The monoisotopic (exact) mass is 478 g/mol. The molecule has 2 aromatic carbocycles. The Morgan fingerprint density at radius 1 is 1.09 bits per heavy atom. The van der Waals surface area contributed by atoms with Gasteiger partial charge in [0, 0.05) is 0 Å². The molecule has 0 amide bonds. The van der Waals surface area contributed by atoms with Crippen LogP contribution in [0, 0.1) is 0 Å². The summed E-state index contributed by atoms with van der Waals surface area (Å²) in [5.41, 5.74) is 2.28. The number of esters is 1. The van der Waals surface area contributed by atoms with Gasteiger partial charge in [0.05, 0.1) is 42.7 Å². The van der Waals surface area contributed by atoms with Crippen molar-refractivity contribution in [3.63, 3.8) is 0 Å². The number of nitrogens with zero attached hydrogens (tertiary/aromatic N) is 2. The van der Waals surface area contributed by atoms with Crippen molar-refractivity contribution in [1.82, 2.24) is 4.57 Å². The van der Waals surface area contributed by atoms with Crippen molar-refractivity contribution in [1.29, 1.82) is 0 Å². The summed E-state index contributed by atoms with van der Waals surface area (Å²) in [6.07, 6.45) is 2.76. The molecule has 3 aromatic rings. The van der Waals surface area contributed by atoms with Gasteiger partial charge >= 0.3 is 5.97 Å². The van der Waals surface area contributed by atoms with Crippen LogP contribution in [0.25, 0.3) is 6.08 Å². The van der Waals surface area contributed by atoms with E-state index >= 15 is 0 Å². The molecule has 176 valence electrons. The van der Waals surface area contributed by atoms with Gasteiger partial charge in [-0.2, -0.15) is 0 Å². The van der Waals surface area contributed by atoms with Gasteiger partial charge in [-0.1, -0.05) is 42.5 Å². The van der Waals surface area contributed by atoms with E-state index in [0.717, 1.165) is 23.3 Å². The molecule has 0 spiro atoms. The number of carbonyl (C=O) groups is 1. The minimum absolute atomic E-state index is 0.218. The number of allylic oxidation sites excluding steroid dienone is 1. The fourth-order valence-corrected chi connectivity index (χ4v) is 4.87. The molecule has 0 N–H and O–H groups in total. The summed E-state index contributed by atoms with van der Waals surface area (Å²) < 4.78 is 18.0. The Hall–Kier alpha value is -3.65. The smallest absolute Gasteiger partial charge is 0.338 e. The highest BCUT2D eigenvalue weighted by Crippen LogP contribution is 2.31. The Balaban J connectivity index is 1.83. The zero-order valence-electron chi connectivity index (χ0n) is 19.5. The maximum absolute atomic E-state index is 13.6. The molecule has 0 saturated carbocycles. The maximum Gasteiger partial charge on any atom is 0.338 e. The van der Waals surface area contributed by atoms with Gasteiger partial charge in [0.1, 0.15) is 11.5 Å². The highest BCUT2D eigenvalue weighted by atomic mass is 32.1. The van der Waals surface area contributed by atoms with Crippen molar-refractivity contribution < 1.29 is 19.0 Å². The maximum atomic E-state index is 13.6. The van der Waals surface area contributed by atoms with Crippen molar-refractivity contribution in [2.75, 3.05) is 20.8 Å². The molecule has 0 radical (unpaired) electrons. The molecule has 1 atom stereocenters. The minimum Gasteiger partial charge on any atom is -0.497 e. The molecule has 0 saturated heterocycles. The molecule has 0 unspecified atom stereocenters. The zero-order valence-corrected chi connectivity index (χ0v) is 20.3. The van der Waals surface area contributed by atoms with Crippen molar-refractivity contribution in [3.8, 4) is 11.5 Å². The predicted octanol–water partition coefficient (Wildman–Crippen LogP) is 3.21. The summed E-state index contributed by atoms with van der Waals surface area (Å²) in [7, 11) is 2.91. The first-order chi connectivity index (χ1) is 16.5. The van der Waals surface area contributed by atoms with Crippen LogP contribution >= 0.6 is 11.3 Å². The number of hydrogen-bond donors (Lipinski definition) is 0. The summed E-state index contributed by atoms with van der Waals surface area (Å²) in [4.78, 5) is 31.4. The molecule has 0 bridgehead atoms. The van der Waals surface area contributed by atoms with Crippen LogP contribution < -0.4 is 24.4 Å². The molecule has 7 nitrogen and oxygen atoms in total. The lowest BCUT2D eigenvalue weighted by atomic mass is 9.96. The van der Waals surface area contributed by atoms with Crippen LogP contribution in [0.15, 0.2) is 69.6 Å². The van der Waals surface area contributed by atoms with Crippen LogP contribution in [-0.2, 0) is 9.53 Å². The largest absolute Gasteiger partial charge is 0.497 e. The molecule has 0 fully saturated rings. The van der Waals surface area contributed by atoms with Gasteiger partial charge in [0.2, 0.25) is 0 Å².